The van der Waals surface area contributed by atoms with Crippen LogP contribution in [0.5, 0.6) is 0 Å². The smallest absolute Gasteiger partial charge is 0.302 e. The molecule has 238 valence electrons. The number of rotatable bonds is 4. The second-order valence-electron chi connectivity index (χ2n) is 16.1. The molecule has 0 aromatic heterocycles. The largest absolute Gasteiger partial charge is 0.462 e. The summed E-state index contributed by atoms with van der Waals surface area (Å²) in [5.74, 6) is -0.220. The molecule has 1 saturated heterocycles. The SMILES string of the molecule is CC(=O)OC1CC2C(C)(C)C(O)CC(OC(C)=O)C2(C)C2CCC3(C)C(=CCC3C3COC(C(C)(C)O)C(O)C3)C12C. The summed E-state index contributed by atoms with van der Waals surface area (Å²) >= 11 is 0. The Morgan fingerprint density at radius 1 is 0.952 bits per heavy atom. The summed E-state index contributed by atoms with van der Waals surface area (Å²) < 4.78 is 18.4. The third kappa shape index (κ3) is 4.60. The van der Waals surface area contributed by atoms with E-state index in [-0.39, 0.29) is 47.1 Å². The van der Waals surface area contributed by atoms with Crippen LogP contribution in [0.3, 0.4) is 0 Å². The first-order valence-corrected chi connectivity index (χ1v) is 16.0. The van der Waals surface area contributed by atoms with Crippen molar-refractivity contribution in [3.05, 3.63) is 11.6 Å². The molecule has 5 aliphatic rings. The van der Waals surface area contributed by atoms with Crippen LogP contribution in [-0.2, 0) is 23.8 Å². The molecule has 0 radical (unpaired) electrons. The van der Waals surface area contributed by atoms with E-state index in [0.29, 0.717) is 25.9 Å². The Kier molecular flexibility index (Phi) is 7.82. The molecule has 42 heavy (non-hydrogen) atoms. The quantitative estimate of drug-likeness (QED) is 0.322. The Balaban J connectivity index is 1.54. The topological polar surface area (TPSA) is 123 Å². The van der Waals surface area contributed by atoms with E-state index in [0.717, 1.165) is 19.3 Å². The number of carbonyl (C=O) groups is 2. The Morgan fingerprint density at radius 3 is 2.14 bits per heavy atom. The van der Waals surface area contributed by atoms with E-state index in [9.17, 15) is 24.9 Å². The van der Waals surface area contributed by atoms with E-state index in [1.54, 1.807) is 13.8 Å². The number of esters is 2. The van der Waals surface area contributed by atoms with Crippen molar-refractivity contribution in [2.24, 2.45) is 45.3 Å². The summed E-state index contributed by atoms with van der Waals surface area (Å²) in [7, 11) is 0. The second kappa shape index (κ2) is 10.3. The lowest BCUT2D eigenvalue weighted by Crippen LogP contribution is -2.70. The fourth-order valence-electron chi connectivity index (χ4n) is 11.1. The van der Waals surface area contributed by atoms with Gasteiger partial charge < -0.3 is 29.5 Å². The van der Waals surface area contributed by atoms with Gasteiger partial charge >= 0.3 is 11.9 Å². The molecule has 5 rings (SSSR count). The number of carbonyl (C=O) groups excluding carboxylic acids is 2. The van der Waals surface area contributed by atoms with Crippen LogP contribution >= 0.6 is 0 Å². The summed E-state index contributed by atoms with van der Waals surface area (Å²) in [4.78, 5) is 25.0. The summed E-state index contributed by atoms with van der Waals surface area (Å²) in [5.41, 5.74) is -1.35. The Morgan fingerprint density at radius 2 is 1.57 bits per heavy atom. The number of hydrogen-bond acceptors (Lipinski definition) is 8. The summed E-state index contributed by atoms with van der Waals surface area (Å²) in [6, 6.07) is 0. The maximum absolute atomic E-state index is 12.6. The molecule has 0 spiro atoms. The zero-order chi connectivity index (χ0) is 31.2. The van der Waals surface area contributed by atoms with E-state index in [2.05, 4.69) is 40.7 Å². The van der Waals surface area contributed by atoms with Gasteiger partial charge in [0.1, 0.15) is 18.3 Å². The maximum atomic E-state index is 12.6. The second-order valence-corrected chi connectivity index (χ2v) is 16.1. The van der Waals surface area contributed by atoms with E-state index in [4.69, 9.17) is 14.2 Å². The van der Waals surface area contributed by atoms with Crippen LogP contribution in [0.4, 0.5) is 0 Å². The van der Waals surface area contributed by atoms with E-state index in [1.807, 2.05) is 0 Å². The molecular formula is C34H54O8. The molecule has 8 nitrogen and oxygen atoms in total. The van der Waals surface area contributed by atoms with Crippen LogP contribution < -0.4 is 0 Å². The minimum absolute atomic E-state index is 0.0247. The first kappa shape index (κ1) is 31.9. The molecular weight excluding hydrogens is 536 g/mol. The monoisotopic (exact) mass is 590 g/mol. The molecule has 0 aromatic rings. The van der Waals surface area contributed by atoms with Gasteiger partial charge in [-0.2, -0.15) is 0 Å². The van der Waals surface area contributed by atoms with Crippen molar-refractivity contribution in [2.45, 2.75) is 137 Å². The molecule has 8 heteroatoms. The summed E-state index contributed by atoms with van der Waals surface area (Å²) in [5, 5.41) is 32.8. The van der Waals surface area contributed by atoms with Gasteiger partial charge in [0.25, 0.3) is 0 Å². The molecule has 0 aromatic carbocycles. The van der Waals surface area contributed by atoms with Crippen molar-refractivity contribution in [1.82, 2.24) is 0 Å². The molecule has 4 fully saturated rings. The van der Waals surface area contributed by atoms with Gasteiger partial charge in [0, 0.05) is 31.1 Å². The highest BCUT2D eigenvalue weighted by Gasteiger charge is 2.72. The minimum Gasteiger partial charge on any atom is -0.462 e. The molecule has 1 aliphatic heterocycles. The van der Waals surface area contributed by atoms with Gasteiger partial charge in [-0.25, -0.2) is 0 Å². The highest BCUT2D eigenvalue weighted by molar-refractivity contribution is 5.67. The normalized spacial score (nSPS) is 48.3. The fraction of sp³-hybridized carbons (Fsp3) is 0.882. The molecule has 1 heterocycles. The van der Waals surface area contributed by atoms with E-state index >= 15 is 0 Å². The van der Waals surface area contributed by atoms with Crippen molar-refractivity contribution in [1.29, 1.82) is 0 Å². The Labute approximate surface area is 251 Å². The third-order valence-corrected chi connectivity index (χ3v) is 13.0. The summed E-state index contributed by atoms with van der Waals surface area (Å²) in [6.45, 7) is 17.8. The van der Waals surface area contributed by atoms with Gasteiger partial charge in [-0.1, -0.05) is 46.3 Å². The zero-order valence-corrected chi connectivity index (χ0v) is 27.1. The third-order valence-electron chi connectivity index (χ3n) is 13.0. The minimum atomic E-state index is -1.12. The Hall–Kier alpha value is -1.48. The van der Waals surface area contributed by atoms with Crippen molar-refractivity contribution in [2.75, 3.05) is 6.61 Å². The average molecular weight is 591 g/mol. The van der Waals surface area contributed by atoms with Crippen LogP contribution in [0.2, 0.25) is 0 Å². The average Bonchev–Trinajstić information content (AvgIpc) is 3.21. The van der Waals surface area contributed by atoms with Gasteiger partial charge in [-0.3, -0.25) is 9.59 Å². The van der Waals surface area contributed by atoms with Crippen LogP contribution in [0.1, 0.15) is 101 Å². The number of allylic oxidation sites excluding steroid dienone is 1. The van der Waals surface area contributed by atoms with Crippen LogP contribution in [-0.4, -0.2) is 70.0 Å². The van der Waals surface area contributed by atoms with Gasteiger partial charge in [-0.05, 0) is 80.5 Å². The van der Waals surface area contributed by atoms with Crippen molar-refractivity contribution >= 4 is 11.9 Å². The number of hydrogen-bond donors (Lipinski definition) is 3. The lowest BCUT2D eigenvalue weighted by molar-refractivity contribution is -0.260. The molecule has 4 aliphatic carbocycles. The molecule has 12 atom stereocenters. The number of ether oxygens (including phenoxy) is 3. The van der Waals surface area contributed by atoms with Crippen LogP contribution in [0.15, 0.2) is 11.6 Å². The number of aliphatic hydroxyl groups excluding tert-OH is 2. The highest BCUT2D eigenvalue weighted by atomic mass is 16.6. The lowest BCUT2D eigenvalue weighted by atomic mass is 9.36. The summed E-state index contributed by atoms with van der Waals surface area (Å²) in [6.07, 6.45) is 3.76. The maximum Gasteiger partial charge on any atom is 0.302 e. The number of fused-ring (bicyclic) bond motifs is 5. The van der Waals surface area contributed by atoms with Gasteiger partial charge in [0.2, 0.25) is 0 Å². The molecule has 0 amide bonds. The van der Waals surface area contributed by atoms with Crippen molar-refractivity contribution in [3.63, 3.8) is 0 Å². The van der Waals surface area contributed by atoms with E-state index < -0.39 is 46.3 Å². The lowest BCUT2D eigenvalue weighted by Gasteiger charge is -2.70. The van der Waals surface area contributed by atoms with Crippen molar-refractivity contribution in [3.8, 4) is 0 Å². The predicted molar refractivity (Wildman–Crippen MR) is 157 cm³/mol. The van der Waals surface area contributed by atoms with Crippen LogP contribution in [0, 0.1) is 45.3 Å². The predicted octanol–water partition coefficient (Wildman–Crippen LogP) is 4.57. The molecule has 0 bridgehead atoms. The molecule has 3 saturated carbocycles. The van der Waals surface area contributed by atoms with Crippen molar-refractivity contribution < 1.29 is 39.1 Å². The van der Waals surface area contributed by atoms with Gasteiger partial charge in [0.15, 0.2) is 0 Å². The Bertz CT molecular complexity index is 1120. The number of aliphatic hydroxyl groups is 3. The first-order valence-electron chi connectivity index (χ1n) is 16.0. The zero-order valence-electron chi connectivity index (χ0n) is 27.1. The van der Waals surface area contributed by atoms with E-state index in [1.165, 1.54) is 19.4 Å². The first-order chi connectivity index (χ1) is 19.3. The van der Waals surface area contributed by atoms with Gasteiger partial charge in [-0.15, -0.1) is 0 Å². The van der Waals surface area contributed by atoms with Crippen LogP contribution in [0.25, 0.3) is 0 Å². The standard InChI is InChI=1S/C34H54O8/c1-18(35)41-27-15-25-30(3,4)26(38)16-28(42-19(2)36)34(25,9)24-12-13-32(7)21(10-11-23(32)33(24,27)8)20-14-22(37)29(40-17-20)31(5,6)39/h11,20-22,24-29,37-39H,10,12-17H2,1-9H3. The molecule has 3 N–H and O–H groups in total. The highest BCUT2D eigenvalue weighted by Crippen LogP contribution is 2.74. The fourth-order valence-corrected chi connectivity index (χ4v) is 11.1. The molecule has 12 unspecified atom stereocenters. The van der Waals surface area contributed by atoms with Gasteiger partial charge in [0.05, 0.1) is 24.4 Å².